The number of rotatable bonds is 13. The van der Waals surface area contributed by atoms with Crippen LogP contribution in [-0.4, -0.2) is 48.1 Å². The minimum Gasteiger partial charge on any atom is -0.374 e. The minimum absolute atomic E-state index is 0.0482. The fraction of sp³-hybridized carbons (Fsp3) is 0.314. The lowest BCUT2D eigenvalue weighted by Gasteiger charge is -2.50. The van der Waals surface area contributed by atoms with E-state index in [2.05, 4.69) is 0 Å². The highest BCUT2D eigenvalue weighted by Gasteiger charge is 2.69. The highest BCUT2D eigenvalue weighted by Crippen LogP contribution is 2.44. The summed E-state index contributed by atoms with van der Waals surface area (Å²) in [6.45, 7) is -0.388. The number of halogens is 3. The topological polar surface area (TPSA) is 66.4 Å². The van der Waals surface area contributed by atoms with Crippen LogP contribution in [0, 0.1) is 0 Å². The molecule has 0 radical (unpaired) electrons. The zero-order valence-electron chi connectivity index (χ0n) is 24.0. The zero-order chi connectivity index (χ0) is 30.8. The van der Waals surface area contributed by atoms with E-state index in [0.717, 1.165) is 16.7 Å². The molecule has 4 aromatic rings. The largest absolute Gasteiger partial charge is 0.446 e. The molecule has 4 aromatic carbocycles. The van der Waals surface area contributed by atoms with Crippen LogP contribution in [0.1, 0.15) is 22.3 Å². The van der Waals surface area contributed by atoms with E-state index in [4.69, 9.17) is 23.7 Å². The van der Waals surface area contributed by atoms with Crippen molar-refractivity contribution in [3.8, 4) is 0 Å². The summed E-state index contributed by atoms with van der Waals surface area (Å²) in [5.74, 6) is -3.71. The van der Waals surface area contributed by atoms with Gasteiger partial charge >= 0.3 is 6.18 Å². The van der Waals surface area contributed by atoms with Gasteiger partial charge in [0.1, 0.15) is 24.4 Å². The summed E-state index contributed by atoms with van der Waals surface area (Å²) in [6, 6.07) is 36.2. The SMILES string of the molecule is OC1(C(F)(F)F)OC(COCc2ccccc2)C(OCc2ccccc2)C(OCc2ccccc2)C1OCc1ccccc1. The van der Waals surface area contributed by atoms with Gasteiger partial charge in [-0.1, -0.05) is 121 Å². The van der Waals surface area contributed by atoms with Crippen LogP contribution >= 0.6 is 0 Å². The van der Waals surface area contributed by atoms with Gasteiger partial charge in [-0.05, 0) is 22.3 Å². The summed E-state index contributed by atoms with van der Waals surface area (Å²) in [5.41, 5.74) is 2.98. The standard InChI is InChI=1S/C35H35F3O6/c36-35(37,38)34(39)33(43-24-29-19-11-4-12-20-29)32(42-23-28-17-9-3-10-18-28)31(41-22-27-15-7-2-8-16-27)30(44-34)25-40-21-26-13-5-1-6-14-26/h1-20,30-33,39H,21-25H2. The van der Waals surface area contributed by atoms with Crippen molar-refractivity contribution in [1.82, 2.24) is 0 Å². The summed E-state index contributed by atoms with van der Waals surface area (Å²) < 4.78 is 74.1. The molecule has 1 N–H and O–H groups in total. The van der Waals surface area contributed by atoms with Gasteiger partial charge in [0.15, 0.2) is 0 Å². The molecule has 6 nitrogen and oxygen atoms in total. The number of benzene rings is 4. The van der Waals surface area contributed by atoms with Crippen molar-refractivity contribution < 1.29 is 42.0 Å². The summed E-state index contributed by atoms with van der Waals surface area (Å²) in [5, 5.41) is 11.3. The van der Waals surface area contributed by atoms with Gasteiger partial charge in [-0.2, -0.15) is 13.2 Å². The number of ether oxygens (including phenoxy) is 5. The molecule has 1 aliphatic heterocycles. The molecule has 1 saturated heterocycles. The summed E-state index contributed by atoms with van der Waals surface area (Å²) in [4.78, 5) is 0. The van der Waals surface area contributed by atoms with E-state index in [-0.39, 0.29) is 33.0 Å². The summed E-state index contributed by atoms with van der Waals surface area (Å²) >= 11 is 0. The molecule has 44 heavy (non-hydrogen) atoms. The molecule has 9 heteroatoms. The number of alkyl halides is 3. The Kier molecular flexibility index (Phi) is 10.8. The first-order valence-electron chi connectivity index (χ1n) is 14.4. The third kappa shape index (κ3) is 8.12. The molecule has 0 aliphatic carbocycles. The maximum absolute atomic E-state index is 14.8. The molecule has 0 bridgehead atoms. The molecule has 0 aromatic heterocycles. The van der Waals surface area contributed by atoms with Crippen LogP contribution < -0.4 is 0 Å². The highest BCUT2D eigenvalue weighted by molar-refractivity contribution is 5.17. The maximum Gasteiger partial charge on any atom is 0.446 e. The van der Waals surface area contributed by atoms with E-state index in [1.165, 1.54) is 0 Å². The van der Waals surface area contributed by atoms with Crippen LogP contribution in [0.5, 0.6) is 0 Å². The molecular formula is C35H35F3O6. The van der Waals surface area contributed by atoms with Crippen molar-refractivity contribution in [1.29, 1.82) is 0 Å². The number of hydrogen-bond donors (Lipinski definition) is 1. The van der Waals surface area contributed by atoms with Crippen LogP contribution in [0.15, 0.2) is 121 Å². The second kappa shape index (κ2) is 14.9. The van der Waals surface area contributed by atoms with Gasteiger partial charge in [-0.3, -0.25) is 0 Å². The van der Waals surface area contributed by atoms with Gasteiger partial charge in [0.05, 0.1) is 33.0 Å². The molecule has 232 valence electrons. The van der Waals surface area contributed by atoms with Crippen molar-refractivity contribution in [3.05, 3.63) is 144 Å². The first kappa shape index (κ1) is 31.8. The fourth-order valence-electron chi connectivity index (χ4n) is 5.08. The second-order valence-corrected chi connectivity index (χ2v) is 10.6. The molecule has 1 fully saturated rings. The Labute approximate surface area is 254 Å². The Bertz CT molecular complexity index is 1390. The van der Waals surface area contributed by atoms with Gasteiger partial charge in [0, 0.05) is 0 Å². The Morgan fingerprint density at radius 1 is 0.568 bits per heavy atom. The summed E-state index contributed by atoms with van der Waals surface area (Å²) in [6.07, 6.45) is -11.1. The van der Waals surface area contributed by atoms with Gasteiger partial charge in [0.25, 0.3) is 5.79 Å². The Balaban J connectivity index is 1.48. The first-order valence-corrected chi connectivity index (χ1v) is 14.4. The Morgan fingerprint density at radius 3 is 1.39 bits per heavy atom. The third-order valence-corrected chi connectivity index (χ3v) is 7.35. The van der Waals surface area contributed by atoms with Crippen molar-refractivity contribution >= 4 is 0 Å². The molecule has 0 amide bonds. The van der Waals surface area contributed by atoms with E-state index in [0.29, 0.717) is 5.56 Å². The molecule has 1 heterocycles. The lowest BCUT2D eigenvalue weighted by molar-refractivity contribution is -0.450. The van der Waals surface area contributed by atoms with E-state index in [1.54, 1.807) is 42.5 Å². The second-order valence-electron chi connectivity index (χ2n) is 10.6. The molecule has 0 spiro atoms. The normalized spacial score (nSPS) is 23.8. The molecule has 5 rings (SSSR count). The monoisotopic (exact) mass is 608 g/mol. The summed E-state index contributed by atoms with van der Waals surface area (Å²) in [7, 11) is 0. The smallest absolute Gasteiger partial charge is 0.374 e. The third-order valence-electron chi connectivity index (χ3n) is 7.35. The van der Waals surface area contributed by atoms with Crippen LogP contribution in [0.4, 0.5) is 13.2 Å². The van der Waals surface area contributed by atoms with Crippen molar-refractivity contribution in [2.45, 2.75) is 62.8 Å². The predicted octanol–water partition coefficient (Wildman–Crippen LogP) is 6.61. The predicted molar refractivity (Wildman–Crippen MR) is 157 cm³/mol. The molecule has 0 saturated carbocycles. The van der Waals surface area contributed by atoms with Crippen LogP contribution in [0.3, 0.4) is 0 Å². The average Bonchev–Trinajstić information content (AvgIpc) is 3.04. The van der Waals surface area contributed by atoms with E-state index in [9.17, 15) is 18.3 Å². The Morgan fingerprint density at radius 2 is 0.955 bits per heavy atom. The Hall–Kier alpha value is -3.57. The van der Waals surface area contributed by atoms with Crippen LogP contribution in [-0.2, 0) is 50.1 Å². The van der Waals surface area contributed by atoms with Gasteiger partial charge in [0.2, 0.25) is 0 Å². The quantitative estimate of drug-likeness (QED) is 0.184. The van der Waals surface area contributed by atoms with Gasteiger partial charge in [-0.25, -0.2) is 0 Å². The van der Waals surface area contributed by atoms with Gasteiger partial charge < -0.3 is 28.8 Å². The van der Waals surface area contributed by atoms with Crippen molar-refractivity contribution in [3.63, 3.8) is 0 Å². The van der Waals surface area contributed by atoms with E-state index < -0.39 is 36.4 Å². The molecule has 1 aliphatic rings. The molecule has 5 atom stereocenters. The van der Waals surface area contributed by atoms with Gasteiger partial charge in [-0.15, -0.1) is 0 Å². The number of aliphatic hydroxyl groups is 1. The maximum atomic E-state index is 14.8. The average molecular weight is 609 g/mol. The van der Waals surface area contributed by atoms with Crippen LogP contribution in [0.2, 0.25) is 0 Å². The van der Waals surface area contributed by atoms with Crippen molar-refractivity contribution in [2.75, 3.05) is 6.61 Å². The first-order chi connectivity index (χ1) is 21.3. The zero-order valence-corrected chi connectivity index (χ0v) is 24.0. The van der Waals surface area contributed by atoms with Crippen LogP contribution in [0.25, 0.3) is 0 Å². The lowest BCUT2D eigenvalue weighted by atomic mass is 9.91. The minimum atomic E-state index is -5.23. The highest BCUT2D eigenvalue weighted by atomic mass is 19.4. The number of hydrogen-bond acceptors (Lipinski definition) is 6. The lowest BCUT2D eigenvalue weighted by Crippen LogP contribution is -2.72. The molecule has 5 unspecified atom stereocenters. The van der Waals surface area contributed by atoms with Crippen molar-refractivity contribution in [2.24, 2.45) is 0 Å². The van der Waals surface area contributed by atoms with E-state index in [1.807, 2.05) is 78.9 Å². The van der Waals surface area contributed by atoms with E-state index >= 15 is 0 Å². The molecular weight excluding hydrogens is 573 g/mol. The fourth-order valence-corrected chi connectivity index (χ4v) is 5.08.